The average Bonchev–Trinajstić information content (AvgIpc) is 2.33. The quantitative estimate of drug-likeness (QED) is 0.841. The van der Waals surface area contributed by atoms with Gasteiger partial charge in [0.05, 0.1) is 0 Å². The van der Waals surface area contributed by atoms with E-state index in [0.29, 0.717) is 10.9 Å². The Hall–Kier alpha value is -0.600. The first-order valence-corrected chi connectivity index (χ1v) is 6.64. The molecule has 1 unspecified atom stereocenters. The SMILES string of the molecule is CC(N)(c1cc(F)ccc1Cl)C1CCCCC1. The van der Waals surface area contributed by atoms with Crippen LogP contribution in [0.2, 0.25) is 5.02 Å². The third-order valence-electron chi connectivity index (χ3n) is 3.96. The Kier molecular flexibility index (Phi) is 3.74. The summed E-state index contributed by atoms with van der Waals surface area (Å²) in [5.74, 6) is 0.132. The molecule has 0 radical (unpaired) electrons. The average molecular weight is 256 g/mol. The molecule has 0 amide bonds. The van der Waals surface area contributed by atoms with Crippen LogP contribution in [0.25, 0.3) is 0 Å². The van der Waals surface area contributed by atoms with Gasteiger partial charge < -0.3 is 5.73 Å². The van der Waals surface area contributed by atoms with E-state index >= 15 is 0 Å². The fourth-order valence-electron chi connectivity index (χ4n) is 2.83. The molecule has 1 aliphatic rings. The normalized spacial score (nSPS) is 21.2. The van der Waals surface area contributed by atoms with Crippen molar-refractivity contribution < 1.29 is 4.39 Å². The molecule has 1 fully saturated rings. The monoisotopic (exact) mass is 255 g/mol. The summed E-state index contributed by atoms with van der Waals surface area (Å²) in [4.78, 5) is 0. The smallest absolute Gasteiger partial charge is 0.123 e. The zero-order valence-electron chi connectivity index (χ0n) is 10.2. The summed E-state index contributed by atoms with van der Waals surface area (Å²) in [5, 5.41) is 0.571. The minimum atomic E-state index is -0.528. The number of halogens is 2. The summed E-state index contributed by atoms with van der Waals surface area (Å²) in [6.45, 7) is 1.98. The predicted octanol–water partition coefficient (Wildman–Crippen LogP) is 4.23. The van der Waals surface area contributed by atoms with E-state index in [1.807, 2.05) is 6.92 Å². The van der Waals surface area contributed by atoms with Gasteiger partial charge in [-0.1, -0.05) is 30.9 Å². The molecule has 0 bridgehead atoms. The van der Waals surface area contributed by atoms with Crippen LogP contribution < -0.4 is 5.73 Å². The zero-order chi connectivity index (χ0) is 12.5. The number of hydrogen-bond acceptors (Lipinski definition) is 1. The molecular weight excluding hydrogens is 237 g/mol. The largest absolute Gasteiger partial charge is 0.321 e. The molecule has 0 aromatic heterocycles. The molecule has 94 valence electrons. The summed E-state index contributed by atoms with van der Waals surface area (Å²) in [6.07, 6.45) is 5.93. The number of rotatable bonds is 2. The van der Waals surface area contributed by atoms with E-state index in [0.717, 1.165) is 18.4 Å². The third-order valence-corrected chi connectivity index (χ3v) is 4.29. The highest BCUT2D eigenvalue weighted by Crippen LogP contribution is 2.39. The maximum atomic E-state index is 13.3. The van der Waals surface area contributed by atoms with Crippen molar-refractivity contribution in [3.8, 4) is 0 Å². The van der Waals surface area contributed by atoms with E-state index in [1.165, 1.54) is 31.4 Å². The molecule has 1 atom stereocenters. The Balaban J connectivity index is 2.32. The highest BCUT2D eigenvalue weighted by Gasteiger charge is 2.34. The fraction of sp³-hybridized carbons (Fsp3) is 0.571. The molecule has 1 nitrogen and oxygen atoms in total. The molecule has 1 aromatic rings. The number of hydrogen-bond donors (Lipinski definition) is 1. The number of nitrogens with two attached hydrogens (primary N) is 1. The zero-order valence-corrected chi connectivity index (χ0v) is 10.9. The van der Waals surface area contributed by atoms with Crippen LogP contribution in [0.1, 0.15) is 44.6 Å². The Bertz CT molecular complexity index is 397. The van der Waals surface area contributed by atoms with Gasteiger partial charge in [-0.2, -0.15) is 0 Å². The summed E-state index contributed by atoms with van der Waals surface area (Å²) < 4.78 is 13.3. The van der Waals surface area contributed by atoms with Crippen LogP contribution >= 0.6 is 11.6 Å². The molecule has 3 heteroatoms. The Labute approximate surface area is 107 Å². The van der Waals surface area contributed by atoms with Crippen LogP contribution in [0.5, 0.6) is 0 Å². The molecule has 0 spiro atoms. The van der Waals surface area contributed by atoms with Crippen molar-refractivity contribution in [1.29, 1.82) is 0 Å². The van der Waals surface area contributed by atoms with Crippen LogP contribution in [0.3, 0.4) is 0 Å². The maximum Gasteiger partial charge on any atom is 0.123 e. The summed E-state index contributed by atoms with van der Waals surface area (Å²) >= 11 is 6.15. The highest BCUT2D eigenvalue weighted by molar-refractivity contribution is 6.31. The molecule has 2 rings (SSSR count). The van der Waals surface area contributed by atoms with Gasteiger partial charge in [-0.15, -0.1) is 0 Å². The van der Waals surface area contributed by atoms with Gasteiger partial charge in [0.25, 0.3) is 0 Å². The first kappa shape index (κ1) is 12.8. The Morgan fingerprint density at radius 2 is 1.94 bits per heavy atom. The van der Waals surface area contributed by atoms with Gasteiger partial charge in [-0.3, -0.25) is 0 Å². The second kappa shape index (κ2) is 4.95. The van der Waals surface area contributed by atoms with Gasteiger partial charge >= 0.3 is 0 Å². The fourth-order valence-corrected chi connectivity index (χ4v) is 3.15. The summed E-state index contributed by atoms with van der Waals surface area (Å²) in [7, 11) is 0. The third kappa shape index (κ3) is 2.63. The molecule has 2 N–H and O–H groups in total. The van der Waals surface area contributed by atoms with E-state index in [2.05, 4.69) is 0 Å². The highest BCUT2D eigenvalue weighted by atomic mass is 35.5. The molecule has 1 saturated carbocycles. The van der Waals surface area contributed by atoms with Gasteiger partial charge in [-0.25, -0.2) is 4.39 Å². The lowest BCUT2D eigenvalue weighted by molar-refractivity contribution is 0.224. The van der Waals surface area contributed by atoms with Gasteiger partial charge in [0, 0.05) is 10.6 Å². The van der Waals surface area contributed by atoms with Crippen LogP contribution in [0.4, 0.5) is 4.39 Å². The van der Waals surface area contributed by atoms with Crippen LogP contribution in [-0.4, -0.2) is 0 Å². The molecule has 1 aliphatic carbocycles. The topological polar surface area (TPSA) is 26.0 Å². The molecule has 0 aliphatic heterocycles. The molecule has 0 heterocycles. The molecule has 0 saturated heterocycles. The van der Waals surface area contributed by atoms with Crippen LogP contribution in [0.15, 0.2) is 18.2 Å². The van der Waals surface area contributed by atoms with Gasteiger partial charge in [-0.05, 0) is 49.4 Å². The van der Waals surface area contributed by atoms with Crippen LogP contribution in [0, 0.1) is 11.7 Å². The summed E-state index contributed by atoms with van der Waals surface area (Å²) in [6, 6.07) is 4.46. The first-order chi connectivity index (χ1) is 8.01. The molecule has 1 aromatic carbocycles. The van der Waals surface area contributed by atoms with Gasteiger partial charge in [0.1, 0.15) is 5.82 Å². The second-order valence-electron chi connectivity index (χ2n) is 5.24. The van der Waals surface area contributed by atoms with Gasteiger partial charge in [0.2, 0.25) is 0 Å². The van der Waals surface area contributed by atoms with Crippen molar-refractivity contribution in [2.75, 3.05) is 0 Å². The van der Waals surface area contributed by atoms with Gasteiger partial charge in [0.15, 0.2) is 0 Å². The lowest BCUT2D eigenvalue weighted by Gasteiger charge is -2.37. The Morgan fingerprint density at radius 1 is 1.29 bits per heavy atom. The lowest BCUT2D eigenvalue weighted by Crippen LogP contribution is -2.42. The van der Waals surface area contributed by atoms with Crippen LogP contribution in [-0.2, 0) is 5.54 Å². The van der Waals surface area contributed by atoms with Crippen molar-refractivity contribution >= 4 is 11.6 Å². The molecular formula is C14H19ClFN. The van der Waals surface area contributed by atoms with E-state index in [9.17, 15) is 4.39 Å². The number of benzene rings is 1. The Morgan fingerprint density at radius 3 is 2.59 bits per heavy atom. The van der Waals surface area contributed by atoms with Crippen molar-refractivity contribution in [3.63, 3.8) is 0 Å². The van der Waals surface area contributed by atoms with Crippen molar-refractivity contribution in [1.82, 2.24) is 0 Å². The van der Waals surface area contributed by atoms with E-state index in [1.54, 1.807) is 6.07 Å². The van der Waals surface area contributed by atoms with Crippen molar-refractivity contribution in [2.45, 2.75) is 44.6 Å². The van der Waals surface area contributed by atoms with E-state index in [-0.39, 0.29) is 5.82 Å². The minimum absolute atomic E-state index is 0.267. The predicted molar refractivity (Wildman–Crippen MR) is 69.5 cm³/mol. The molecule has 17 heavy (non-hydrogen) atoms. The van der Waals surface area contributed by atoms with Crippen molar-refractivity contribution in [3.05, 3.63) is 34.6 Å². The maximum absolute atomic E-state index is 13.3. The van der Waals surface area contributed by atoms with E-state index in [4.69, 9.17) is 17.3 Å². The lowest BCUT2D eigenvalue weighted by atomic mass is 9.73. The van der Waals surface area contributed by atoms with E-state index < -0.39 is 5.54 Å². The second-order valence-corrected chi connectivity index (χ2v) is 5.65. The first-order valence-electron chi connectivity index (χ1n) is 6.26. The standard InChI is InChI=1S/C14H19ClFN/c1-14(17,10-5-3-2-4-6-10)12-9-11(16)7-8-13(12)15/h7-10H,2-6,17H2,1H3. The van der Waals surface area contributed by atoms with Crippen molar-refractivity contribution in [2.24, 2.45) is 11.7 Å². The summed E-state index contributed by atoms with van der Waals surface area (Å²) in [5.41, 5.74) is 6.64. The minimum Gasteiger partial charge on any atom is -0.321 e.